The van der Waals surface area contributed by atoms with Crippen LogP contribution >= 0.6 is 33.9 Å². The quantitative estimate of drug-likeness (QED) is 0.821. The fourth-order valence-corrected chi connectivity index (χ4v) is 2.97. The Hall–Kier alpha value is -0.690. The fourth-order valence-electron chi connectivity index (χ4n) is 1.64. The fraction of sp³-hybridized carbons (Fsp3) is 0.250. The molecule has 2 rings (SSSR count). The molecular weight excluding hydrogens is 350 g/mol. The van der Waals surface area contributed by atoms with E-state index in [0.717, 1.165) is 11.4 Å². The maximum atomic E-state index is 13.4. The average molecular weight is 362 g/mol. The van der Waals surface area contributed by atoms with E-state index in [0.29, 0.717) is 3.57 Å². The third kappa shape index (κ3) is 2.77. The number of hydrogen-bond donors (Lipinski definition) is 1. The molecule has 1 heterocycles. The summed E-state index contributed by atoms with van der Waals surface area (Å²) in [7, 11) is 0. The number of halogens is 2. The highest BCUT2D eigenvalue weighted by molar-refractivity contribution is 14.1. The zero-order chi connectivity index (χ0) is 12.4. The van der Waals surface area contributed by atoms with E-state index in [1.165, 1.54) is 10.9 Å². The summed E-state index contributed by atoms with van der Waals surface area (Å²) in [5, 5.41) is 3.32. The molecule has 0 spiro atoms. The number of anilines is 1. The van der Waals surface area contributed by atoms with Crippen LogP contribution in [0.2, 0.25) is 0 Å². The Morgan fingerprint density at radius 3 is 2.88 bits per heavy atom. The molecule has 1 atom stereocenters. The summed E-state index contributed by atoms with van der Waals surface area (Å²) in [5.41, 5.74) is 3.69. The summed E-state index contributed by atoms with van der Waals surface area (Å²) in [6.07, 6.45) is 0. The summed E-state index contributed by atoms with van der Waals surface area (Å²) in [5.74, 6) is -0.191. The minimum atomic E-state index is -0.191. The Morgan fingerprint density at radius 2 is 2.24 bits per heavy atom. The number of rotatable bonds is 3. The average Bonchev–Trinajstić information content (AvgIpc) is 2.71. The highest BCUT2D eigenvalue weighted by Gasteiger charge is 2.13. The molecule has 0 aliphatic carbocycles. The Kier molecular flexibility index (Phi) is 3.98. The first-order chi connectivity index (χ1) is 8.09. The number of aryl methyl sites for hydroxylation is 1. The molecule has 1 N–H and O–H groups in total. The molecule has 2 nitrogen and oxygen atoms in total. The SMILES string of the molecule is Cc1ncsc1C(C)Nc1cccc(F)c1I. The molecule has 1 unspecified atom stereocenters. The number of hydrogen-bond acceptors (Lipinski definition) is 3. The minimum absolute atomic E-state index is 0.137. The number of nitrogens with one attached hydrogen (secondary N) is 1. The molecule has 0 fully saturated rings. The molecule has 0 saturated heterocycles. The predicted octanol–water partition coefficient (Wildman–Crippen LogP) is 4.37. The largest absolute Gasteiger partial charge is 0.377 e. The topological polar surface area (TPSA) is 24.9 Å². The highest BCUT2D eigenvalue weighted by Crippen LogP contribution is 2.28. The van der Waals surface area contributed by atoms with Gasteiger partial charge in [0, 0.05) is 4.88 Å². The molecule has 2 aromatic rings. The van der Waals surface area contributed by atoms with Crippen LogP contribution in [0.3, 0.4) is 0 Å². The van der Waals surface area contributed by atoms with Crippen LogP contribution in [0.4, 0.5) is 10.1 Å². The van der Waals surface area contributed by atoms with Crippen molar-refractivity contribution in [3.63, 3.8) is 0 Å². The van der Waals surface area contributed by atoms with E-state index in [9.17, 15) is 4.39 Å². The first kappa shape index (κ1) is 12.8. The second-order valence-corrected chi connectivity index (χ2v) is 5.73. The first-order valence-corrected chi connectivity index (χ1v) is 7.16. The number of benzene rings is 1. The van der Waals surface area contributed by atoms with Crippen LogP contribution in [0.5, 0.6) is 0 Å². The van der Waals surface area contributed by atoms with Crippen molar-refractivity contribution in [1.29, 1.82) is 0 Å². The van der Waals surface area contributed by atoms with E-state index in [1.807, 2.05) is 41.1 Å². The molecular formula is C12H12FIN2S. The zero-order valence-electron chi connectivity index (χ0n) is 9.50. The molecule has 5 heteroatoms. The molecule has 90 valence electrons. The number of nitrogens with zero attached hydrogens (tertiary/aromatic N) is 1. The van der Waals surface area contributed by atoms with Gasteiger partial charge >= 0.3 is 0 Å². The third-order valence-corrected chi connectivity index (χ3v) is 4.71. The Morgan fingerprint density at radius 1 is 1.47 bits per heavy atom. The van der Waals surface area contributed by atoms with Gasteiger partial charge in [-0.15, -0.1) is 11.3 Å². The second-order valence-electron chi connectivity index (χ2n) is 3.77. The third-order valence-electron chi connectivity index (χ3n) is 2.50. The molecule has 0 aliphatic rings. The molecule has 0 aliphatic heterocycles. The smallest absolute Gasteiger partial charge is 0.138 e. The summed E-state index contributed by atoms with van der Waals surface area (Å²) >= 11 is 3.63. The van der Waals surface area contributed by atoms with Crippen molar-refractivity contribution in [3.8, 4) is 0 Å². The number of thiazole rings is 1. The van der Waals surface area contributed by atoms with Crippen LogP contribution in [-0.2, 0) is 0 Å². The van der Waals surface area contributed by atoms with Crippen molar-refractivity contribution in [2.24, 2.45) is 0 Å². The molecule has 1 aromatic carbocycles. The van der Waals surface area contributed by atoms with Gasteiger partial charge < -0.3 is 5.32 Å². The van der Waals surface area contributed by atoms with Crippen molar-refractivity contribution in [1.82, 2.24) is 4.98 Å². The Bertz CT molecular complexity index is 527. The lowest BCUT2D eigenvalue weighted by Crippen LogP contribution is -2.08. The van der Waals surface area contributed by atoms with Gasteiger partial charge in [0.25, 0.3) is 0 Å². The van der Waals surface area contributed by atoms with Gasteiger partial charge in [-0.2, -0.15) is 0 Å². The lowest BCUT2D eigenvalue weighted by Gasteiger charge is -2.15. The van der Waals surface area contributed by atoms with Crippen LogP contribution < -0.4 is 5.32 Å². The molecule has 0 radical (unpaired) electrons. The predicted molar refractivity (Wildman–Crippen MR) is 78.0 cm³/mol. The Labute approximate surface area is 117 Å². The van der Waals surface area contributed by atoms with Crippen molar-refractivity contribution in [3.05, 3.63) is 43.7 Å². The lowest BCUT2D eigenvalue weighted by molar-refractivity contribution is 0.620. The maximum absolute atomic E-state index is 13.4. The molecule has 0 bridgehead atoms. The van der Waals surface area contributed by atoms with Crippen LogP contribution in [-0.4, -0.2) is 4.98 Å². The van der Waals surface area contributed by atoms with Gasteiger partial charge in [0.05, 0.1) is 26.5 Å². The molecule has 0 saturated carbocycles. The molecule has 1 aromatic heterocycles. The molecule has 17 heavy (non-hydrogen) atoms. The monoisotopic (exact) mass is 362 g/mol. The van der Waals surface area contributed by atoms with Crippen LogP contribution in [0.15, 0.2) is 23.7 Å². The van der Waals surface area contributed by atoms with Crippen LogP contribution in [0, 0.1) is 16.3 Å². The standard InChI is InChI=1S/C12H12FIN2S/c1-7-12(17-6-15-7)8(2)16-10-5-3-4-9(13)11(10)14/h3-6,8,16H,1-2H3. The normalized spacial score (nSPS) is 12.5. The highest BCUT2D eigenvalue weighted by atomic mass is 127. The van der Waals surface area contributed by atoms with E-state index in [-0.39, 0.29) is 11.9 Å². The van der Waals surface area contributed by atoms with Crippen LogP contribution in [0.25, 0.3) is 0 Å². The van der Waals surface area contributed by atoms with Gasteiger partial charge in [0.1, 0.15) is 5.82 Å². The van der Waals surface area contributed by atoms with Gasteiger partial charge in [-0.25, -0.2) is 9.37 Å². The van der Waals surface area contributed by atoms with Gasteiger partial charge in [-0.1, -0.05) is 6.07 Å². The maximum Gasteiger partial charge on any atom is 0.138 e. The van der Waals surface area contributed by atoms with Gasteiger partial charge in [0.15, 0.2) is 0 Å². The zero-order valence-corrected chi connectivity index (χ0v) is 12.5. The summed E-state index contributed by atoms with van der Waals surface area (Å²) in [4.78, 5) is 5.41. The van der Waals surface area contributed by atoms with Gasteiger partial charge in [-0.05, 0) is 48.6 Å². The van der Waals surface area contributed by atoms with E-state index >= 15 is 0 Å². The van der Waals surface area contributed by atoms with E-state index in [2.05, 4.69) is 17.2 Å². The second kappa shape index (κ2) is 5.30. The van der Waals surface area contributed by atoms with Crippen molar-refractivity contribution < 1.29 is 4.39 Å². The summed E-state index contributed by atoms with van der Waals surface area (Å²) in [6, 6.07) is 5.21. The van der Waals surface area contributed by atoms with Crippen molar-refractivity contribution in [2.45, 2.75) is 19.9 Å². The summed E-state index contributed by atoms with van der Waals surface area (Å²) < 4.78 is 14.0. The van der Waals surface area contributed by atoms with Crippen LogP contribution in [0.1, 0.15) is 23.5 Å². The van der Waals surface area contributed by atoms with Gasteiger partial charge in [0.2, 0.25) is 0 Å². The molecule has 0 amide bonds. The van der Waals surface area contributed by atoms with E-state index in [4.69, 9.17) is 0 Å². The van der Waals surface area contributed by atoms with Crippen molar-refractivity contribution in [2.75, 3.05) is 5.32 Å². The first-order valence-electron chi connectivity index (χ1n) is 5.20. The van der Waals surface area contributed by atoms with Gasteiger partial charge in [-0.3, -0.25) is 0 Å². The summed E-state index contributed by atoms with van der Waals surface area (Å²) in [6.45, 7) is 4.04. The van der Waals surface area contributed by atoms with E-state index < -0.39 is 0 Å². The van der Waals surface area contributed by atoms with Crippen molar-refractivity contribution >= 4 is 39.6 Å². The Balaban J connectivity index is 2.22. The lowest BCUT2D eigenvalue weighted by atomic mass is 10.2. The van der Waals surface area contributed by atoms with E-state index in [1.54, 1.807) is 17.4 Å². The number of aromatic nitrogens is 1. The minimum Gasteiger partial charge on any atom is -0.377 e.